The predicted molar refractivity (Wildman–Crippen MR) is 123 cm³/mol. The standard InChI is InChI=1S/C26H29N3O2/c1-3-18-13-23(21-5-4-11-28-24(21)14-18)26(9-10-26)29-25(30)22-15-20(7-6-17(22)2)31-16-19-8-12-27-19/h4-7,11,13-15,19,27H,3,8-10,12,16H2,1-2H3,(H,29,30)/t19-/m0/s1. The van der Waals surface area contributed by atoms with Gasteiger partial charge >= 0.3 is 0 Å². The molecule has 160 valence electrons. The summed E-state index contributed by atoms with van der Waals surface area (Å²) >= 11 is 0. The minimum absolute atomic E-state index is 0.0406. The van der Waals surface area contributed by atoms with Gasteiger partial charge in [0.2, 0.25) is 0 Å². The van der Waals surface area contributed by atoms with Gasteiger partial charge in [-0.1, -0.05) is 25.1 Å². The average molecular weight is 416 g/mol. The molecule has 5 nitrogen and oxygen atoms in total. The van der Waals surface area contributed by atoms with Gasteiger partial charge in [-0.3, -0.25) is 9.78 Å². The van der Waals surface area contributed by atoms with Gasteiger partial charge in [0, 0.05) is 23.2 Å². The second kappa shape index (κ2) is 7.97. The summed E-state index contributed by atoms with van der Waals surface area (Å²) in [6.07, 6.45) is 5.80. The number of carbonyl (C=O) groups is 1. The van der Waals surface area contributed by atoms with E-state index in [2.05, 4.69) is 40.7 Å². The molecule has 1 amide bonds. The topological polar surface area (TPSA) is 63.2 Å². The first-order valence-corrected chi connectivity index (χ1v) is 11.3. The number of pyridine rings is 1. The normalized spacial score (nSPS) is 19.0. The minimum atomic E-state index is -0.317. The summed E-state index contributed by atoms with van der Waals surface area (Å²) in [7, 11) is 0. The molecule has 0 unspecified atom stereocenters. The van der Waals surface area contributed by atoms with E-state index in [1.54, 1.807) is 0 Å². The third-order valence-corrected chi connectivity index (χ3v) is 6.64. The van der Waals surface area contributed by atoms with E-state index in [-0.39, 0.29) is 11.4 Å². The maximum atomic E-state index is 13.3. The van der Waals surface area contributed by atoms with Crippen molar-refractivity contribution in [2.45, 2.75) is 51.1 Å². The molecule has 1 atom stereocenters. The lowest BCUT2D eigenvalue weighted by Gasteiger charge is -2.27. The summed E-state index contributed by atoms with van der Waals surface area (Å²) in [5.41, 5.74) is 4.74. The van der Waals surface area contributed by atoms with E-state index in [0.29, 0.717) is 18.2 Å². The quantitative estimate of drug-likeness (QED) is 0.605. The molecule has 0 spiro atoms. The Balaban J connectivity index is 1.41. The first-order chi connectivity index (χ1) is 15.1. The molecular formula is C26H29N3O2. The third kappa shape index (κ3) is 3.90. The summed E-state index contributed by atoms with van der Waals surface area (Å²) in [6, 6.07) is 14.7. The highest BCUT2D eigenvalue weighted by Crippen LogP contribution is 2.48. The third-order valence-electron chi connectivity index (χ3n) is 6.64. The first kappa shape index (κ1) is 20.0. The van der Waals surface area contributed by atoms with Crippen LogP contribution in [0.3, 0.4) is 0 Å². The van der Waals surface area contributed by atoms with Gasteiger partial charge in [0.1, 0.15) is 12.4 Å². The molecule has 2 N–H and O–H groups in total. The van der Waals surface area contributed by atoms with Crippen LogP contribution in [-0.4, -0.2) is 30.1 Å². The summed E-state index contributed by atoms with van der Waals surface area (Å²) in [5.74, 6) is 0.707. The van der Waals surface area contributed by atoms with Gasteiger partial charge in [-0.05, 0) is 80.1 Å². The van der Waals surface area contributed by atoms with Gasteiger partial charge in [0.25, 0.3) is 5.91 Å². The Kier molecular flexibility index (Phi) is 5.14. The molecule has 2 aromatic carbocycles. The molecule has 1 saturated heterocycles. The van der Waals surface area contributed by atoms with Crippen LogP contribution >= 0.6 is 0 Å². The van der Waals surface area contributed by atoms with Crippen LogP contribution in [0.1, 0.15) is 53.2 Å². The van der Waals surface area contributed by atoms with Gasteiger partial charge in [-0.15, -0.1) is 0 Å². The second-order valence-corrected chi connectivity index (χ2v) is 8.83. The van der Waals surface area contributed by atoms with E-state index in [9.17, 15) is 4.79 Å². The maximum Gasteiger partial charge on any atom is 0.252 e. The number of nitrogens with zero attached hydrogens (tertiary/aromatic N) is 1. The van der Waals surface area contributed by atoms with Crippen LogP contribution in [0.2, 0.25) is 0 Å². The van der Waals surface area contributed by atoms with E-state index in [1.165, 1.54) is 11.1 Å². The molecule has 2 aliphatic rings. The zero-order valence-electron chi connectivity index (χ0n) is 18.2. The van der Waals surface area contributed by atoms with Crippen LogP contribution in [0.5, 0.6) is 5.75 Å². The number of fused-ring (bicyclic) bond motifs is 1. The van der Waals surface area contributed by atoms with Crippen molar-refractivity contribution in [3.05, 3.63) is 70.9 Å². The minimum Gasteiger partial charge on any atom is -0.492 e. The van der Waals surface area contributed by atoms with E-state index >= 15 is 0 Å². The Labute approximate surface area is 183 Å². The lowest BCUT2D eigenvalue weighted by molar-refractivity contribution is 0.0930. The Morgan fingerprint density at radius 2 is 2.10 bits per heavy atom. The highest BCUT2D eigenvalue weighted by Gasteiger charge is 2.47. The number of aromatic nitrogens is 1. The summed E-state index contributed by atoms with van der Waals surface area (Å²) in [4.78, 5) is 17.9. The molecule has 2 heterocycles. The molecule has 5 rings (SSSR count). The number of ether oxygens (including phenoxy) is 1. The van der Waals surface area contributed by atoms with Crippen molar-refractivity contribution in [2.24, 2.45) is 0 Å². The number of nitrogens with one attached hydrogen (secondary N) is 2. The van der Waals surface area contributed by atoms with Crippen molar-refractivity contribution in [3.8, 4) is 5.75 Å². The number of carbonyl (C=O) groups excluding carboxylic acids is 1. The lowest BCUT2D eigenvalue weighted by atomic mass is 9.95. The second-order valence-electron chi connectivity index (χ2n) is 8.83. The van der Waals surface area contributed by atoms with Gasteiger partial charge in [-0.2, -0.15) is 0 Å². The molecular weight excluding hydrogens is 386 g/mol. The molecule has 0 bridgehead atoms. The highest BCUT2D eigenvalue weighted by atomic mass is 16.5. The number of amides is 1. The molecule has 1 saturated carbocycles. The van der Waals surface area contributed by atoms with Gasteiger partial charge in [-0.25, -0.2) is 0 Å². The predicted octanol–water partition coefficient (Wildman–Crippen LogP) is 4.27. The fourth-order valence-corrected chi connectivity index (χ4v) is 4.34. The van der Waals surface area contributed by atoms with Crippen LogP contribution in [0, 0.1) is 6.92 Å². The smallest absolute Gasteiger partial charge is 0.252 e. The van der Waals surface area contributed by atoms with Crippen LogP contribution in [0.15, 0.2) is 48.7 Å². The monoisotopic (exact) mass is 415 g/mol. The largest absolute Gasteiger partial charge is 0.492 e. The molecule has 1 aliphatic heterocycles. The Hall–Kier alpha value is -2.92. The van der Waals surface area contributed by atoms with Crippen molar-refractivity contribution in [3.63, 3.8) is 0 Å². The average Bonchev–Trinajstić information content (AvgIpc) is 3.53. The van der Waals surface area contributed by atoms with E-state index < -0.39 is 0 Å². The van der Waals surface area contributed by atoms with E-state index in [4.69, 9.17) is 4.74 Å². The van der Waals surface area contributed by atoms with Crippen LogP contribution in [0.25, 0.3) is 10.9 Å². The maximum absolute atomic E-state index is 13.3. The fraction of sp³-hybridized carbons (Fsp3) is 0.385. The zero-order valence-corrected chi connectivity index (χ0v) is 18.2. The Bertz CT molecular complexity index is 1130. The molecule has 31 heavy (non-hydrogen) atoms. The molecule has 0 radical (unpaired) electrons. The van der Waals surface area contributed by atoms with Crippen LogP contribution in [-0.2, 0) is 12.0 Å². The molecule has 2 fully saturated rings. The van der Waals surface area contributed by atoms with E-state index in [1.807, 2.05) is 37.4 Å². The van der Waals surface area contributed by atoms with Crippen molar-refractivity contribution in [1.29, 1.82) is 0 Å². The number of hydrogen-bond acceptors (Lipinski definition) is 4. The van der Waals surface area contributed by atoms with Crippen molar-refractivity contribution >= 4 is 16.8 Å². The van der Waals surface area contributed by atoms with E-state index in [0.717, 1.165) is 54.4 Å². The number of aryl methyl sites for hydroxylation is 2. The van der Waals surface area contributed by atoms with Crippen LogP contribution in [0.4, 0.5) is 0 Å². The molecule has 1 aliphatic carbocycles. The van der Waals surface area contributed by atoms with Crippen molar-refractivity contribution in [1.82, 2.24) is 15.6 Å². The summed E-state index contributed by atoms with van der Waals surface area (Å²) in [5, 5.41) is 7.82. The molecule has 5 heteroatoms. The molecule has 3 aromatic rings. The fourth-order valence-electron chi connectivity index (χ4n) is 4.34. The van der Waals surface area contributed by atoms with Crippen molar-refractivity contribution < 1.29 is 9.53 Å². The Morgan fingerprint density at radius 1 is 1.26 bits per heavy atom. The Morgan fingerprint density at radius 3 is 2.81 bits per heavy atom. The van der Waals surface area contributed by atoms with Gasteiger partial charge < -0.3 is 15.4 Å². The first-order valence-electron chi connectivity index (χ1n) is 11.3. The number of hydrogen-bond donors (Lipinski definition) is 2. The van der Waals surface area contributed by atoms with Crippen molar-refractivity contribution in [2.75, 3.05) is 13.2 Å². The van der Waals surface area contributed by atoms with Crippen LogP contribution < -0.4 is 15.4 Å². The highest BCUT2D eigenvalue weighted by molar-refractivity contribution is 5.97. The lowest BCUT2D eigenvalue weighted by Crippen LogP contribution is -2.46. The van der Waals surface area contributed by atoms with Gasteiger partial charge in [0.05, 0.1) is 11.1 Å². The molecule has 1 aromatic heterocycles. The SMILES string of the molecule is CCc1cc(C2(NC(=O)c3cc(OC[C@@H]4CCN4)ccc3C)CC2)c2cccnc2c1. The number of rotatable bonds is 7. The number of benzene rings is 2. The summed E-state index contributed by atoms with van der Waals surface area (Å²) < 4.78 is 5.92. The summed E-state index contributed by atoms with van der Waals surface area (Å²) in [6.45, 7) is 5.82. The van der Waals surface area contributed by atoms with Gasteiger partial charge in [0.15, 0.2) is 0 Å². The zero-order chi connectivity index (χ0) is 21.4.